The zero-order valence-electron chi connectivity index (χ0n) is 9.90. The van der Waals surface area contributed by atoms with E-state index in [0.29, 0.717) is 0 Å². The van der Waals surface area contributed by atoms with E-state index in [-0.39, 0.29) is 41.0 Å². The summed E-state index contributed by atoms with van der Waals surface area (Å²) in [5.74, 6) is -1.47. The van der Waals surface area contributed by atoms with Crippen LogP contribution in [0, 0.1) is 0 Å². The number of carboxylic acids is 1. The van der Waals surface area contributed by atoms with Crippen LogP contribution in [-0.4, -0.2) is 40.5 Å². The second-order valence-corrected chi connectivity index (χ2v) is 5.32. The van der Waals surface area contributed by atoms with Crippen molar-refractivity contribution in [3.8, 4) is 0 Å². The van der Waals surface area contributed by atoms with Crippen LogP contribution in [0.15, 0.2) is 18.2 Å². The van der Waals surface area contributed by atoms with Crippen molar-refractivity contribution >= 4 is 35.1 Å². The fourth-order valence-electron chi connectivity index (χ4n) is 2.02. The van der Waals surface area contributed by atoms with Gasteiger partial charge in [0.15, 0.2) is 0 Å². The maximum absolute atomic E-state index is 12.3. The lowest BCUT2D eigenvalue weighted by Gasteiger charge is -2.20. The molecule has 0 saturated carbocycles. The number of carbonyl (C=O) groups is 2. The maximum atomic E-state index is 12.3. The van der Waals surface area contributed by atoms with Crippen molar-refractivity contribution in [2.24, 2.45) is 5.73 Å². The molecule has 0 bridgehead atoms. The van der Waals surface area contributed by atoms with Crippen molar-refractivity contribution in [3.63, 3.8) is 0 Å². The number of hydrogen-bond donors (Lipinski definition) is 2. The zero-order chi connectivity index (χ0) is 14.2. The van der Waals surface area contributed by atoms with Crippen molar-refractivity contribution in [1.29, 1.82) is 0 Å². The van der Waals surface area contributed by atoms with Crippen LogP contribution in [-0.2, 0) is 4.79 Å². The quantitative estimate of drug-likeness (QED) is 0.869. The number of carbonyl (C=O) groups excluding carboxylic acids is 1. The lowest BCUT2D eigenvalue weighted by atomic mass is 10.0. The minimum Gasteiger partial charge on any atom is -0.480 e. The average Bonchev–Trinajstić information content (AvgIpc) is 2.76. The Balaban J connectivity index is 2.23. The Bertz CT molecular complexity index is 550. The van der Waals surface area contributed by atoms with E-state index in [9.17, 15) is 9.59 Å². The molecular formula is C12H12Cl2N2O3. The van der Waals surface area contributed by atoms with Crippen molar-refractivity contribution in [3.05, 3.63) is 33.8 Å². The topological polar surface area (TPSA) is 83.6 Å². The summed E-state index contributed by atoms with van der Waals surface area (Å²) in [7, 11) is 0. The number of nitrogens with two attached hydrogens (primary N) is 1. The summed E-state index contributed by atoms with van der Waals surface area (Å²) in [5, 5.41) is 9.48. The number of amides is 1. The van der Waals surface area contributed by atoms with Gasteiger partial charge in [0, 0.05) is 13.1 Å². The van der Waals surface area contributed by atoms with Gasteiger partial charge in [0.1, 0.15) is 5.54 Å². The van der Waals surface area contributed by atoms with Gasteiger partial charge in [0.25, 0.3) is 5.91 Å². The van der Waals surface area contributed by atoms with E-state index in [1.807, 2.05) is 0 Å². The first-order valence-corrected chi connectivity index (χ1v) is 6.36. The molecule has 1 aliphatic rings. The Labute approximate surface area is 119 Å². The van der Waals surface area contributed by atoms with Crippen LogP contribution in [0.5, 0.6) is 0 Å². The largest absolute Gasteiger partial charge is 0.480 e. The van der Waals surface area contributed by atoms with Gasteiger partial charge in [-0.1, -0.05) is 29.3 Å². The number of hydrogen-bond acceptors (Lipinski definition) is 3. The normalized spacial score (nSPS) is 22.6. The molecule has 0 aromatic heterocycles. The molecule has 1 aromatic carbocycles. The van der Waals surface area contributed by atoms with E-state index in [0.717, 1.165) is 0 Å². The molecule has 1 heterocycles. The van der Waals surface area contributed by atoms with Gasteiger partial charge in [-0.15, -0.1) is 0 Å². The molecule has 19 heavy (non-hydrogen) atoms. The highest BCUT2D eigenvalue weighted by Crippen LogP contribution is 2.28. The molecule has 0 radical (unpaired) electrons. The molecule has 5 nitrogen and oxygen atoms in total. The highest BCUT2D eigenvalue weighted by Gasteiger charge is 2.43. The molecular weight excluding hydrogens is 291 g/mol. The molecule has 7 heteroatoms. The van der Waals surface area contributed by atoms with Crippen LogP contribution < -0.4 is 5.73 Å². The van der Waals surface area contributed by atoms with Crippen molar-refractivity contribution in [1.82, 2.24) is 4.90 Å². The minimum absolute atomic E-state index is 0.0377. The van der Waals surface area contributed by atoms with Gasteiger partial charge in [0.05, 0.1) is 15.6 Å². The maximum Gasteiger partial charge on any atom is 0.325 e. The van der Waals surface area contributed by atoms with Gasteiger partial charge < -0.3 is 15.7 Å². The number of nitrogens with zero attached hydrogens (tertiary/aromatic N) is 1. The SMILES string of the molecule is NC1(C(=O)O)CCN(C(=O)c2cccc(Cl)c2Cl)C1. The molecule has 1 aromatic rings. The fraction of sp³-hybridized carbons (Fsp3) is 0.333. The third kappa shape index (κ3) is 2.54. The molecule has 1 amide bonds. The van der Waals surface area contributed by atoms with E-state index < -0.39 is 11.5 Å². The van der Waals surface area contributed by atoms with Crippen LogP contribution in [0.2, 0.25) is 10.0 Å². The monoisotopic (exact) mass is 302 g/mol. The van der Waals surface area contributed by atoms with Crippen molar-refractivity contribution in [2.75, 3.05) is 13.1 Å². The first-order chi connectivity index (χ1) is 8.85. The van der Waals surface area contributed by atoms with Crippen LogP contribution in [0.4, 0.5) is 0 Å². The number of carboxylic acid groups (broad SMARTS) is 1. The minimum atomic E-state index is -1.39. The third-order valence-corrected chi connectivity index (χ3v) is 4.01. The van der Waals surface area contributed by atoms with Gasteiger partial charge in [0.2, 0.25) is 0 Å². The summed E-state index contributed by atoms with van der Waals surface area (Å²) in [6, 6.07) is 4.74. The number of likely N-dealkylation sites (tertiary alicyclic amines) is 1. The number of aliphatic carboxylic acids is 1. The van der Waals surface area contributed by atoms with Gasteiger partial charge >= 0.3 is 5.97 Å². The molecule has 0 spiro atoms. The third-order valence-electron chi connectivity index (χ3n) is 3.20. The van der Waals surface area contributed by atoms with Crippen LogP contribution in [0.3, 0.4) is 0 Å². The lowest BCUT2D eigenvalue weighted by Crippen LogP contribution is -2.50. The first kappa shape index (κ1) is 14.1. The van der Waals surface area contributed by atoms with Gasteiger partial charge in [-0.2, -0.15) is 0 Å². The fourth-order valence-corrected chi connectivity index (χ4v) is 2.40. The Kier molecular flexibility index (Phi) is 3.71. The summed E-state index contributed by atoms with van der Waals surface area (Å²) in [5.41, 5.74) is 4.59. The van der Waals surface area contributed by atoms with Crippen LogP contribution in [0.25, 0.3) is 0 Å². The molecule has 1 unspecified atom stereocenters. The summed E-state index contributed by atoms with van der Waals surface area (Å²) in [4.78, 5) is 24.7. The number of benzene rings is 1. The van der Waals surface area contributed by atoms with Crippen molar-refractivity contribution < 1.29 is 14.7 Å². The van der Waals surface area contributed by atoms with Crippen LogP contribution in [0.1, 0.15) is 16.8 Å². The van der Waals surface area contributed by atoms with Crippen molar-refractivity contribution in [2.45, 2.75) is 12.0 Å². The van der Waals surface area contributed by atoms with Gasteiger partial charge in [-0.25, -0.2) is 0 Å². The predicted octanol–water partition coefficient (Wildman–Crippen LogP) is 1.62. The summed E-state index contributed by atoms with van der Waals surface area (Å²) in [6.45, 7) is 0.245. The smallest absolute Gasteiger partial charge is 0.325 e. The first-order valence-electron chi connectivity index (χ1n) is 5.61. The van der Waals surface area contributed by atoms with Gasteiger partial charge in [-0.3, -0.25) is 9.59 Å². The highest BCUT2D eigenvalue weighted by atomic mass is 35.5. The molecule has 1 aliphatic heterocycles. The zero-order valence-corrected chi connectivity index (χ0v) is 11.4. The molecule has 0 aliphatic carbocycles. The lowest BCUT2D eigenvalue weighted by molar-refractivity contribution is -0.142. The molecule has 2 rings (SSSR count). The predicted molar refractivity (Wildman–Crippen MR) is 71.5 cm³/mol. The van der Waals surface area contributed by atoms with Gasteiger partial charge in [-0.05, 0) is 18.6 Å². The number of halogens is 2. The number of rotatable bonds is 2. The molecule has 1 fully saturated rings. The molecule has 102 valence electrons. The highest BCUT2D eigenvalue weighted by molar-refractivity contribution is 6.43. The van der Waals surface area contributed by atoms with E-state index in [2.05, 4.69) is 0 Å². The molecule has 1 saturated heterocycles. The second kappa shape index (κ2) is 5.00. The van der Waals surface area contributed by atoms with Crippen LogP contribution >= 0.6 is 23.2 Å². The van der Waals surface area contributed by atoms with E-state index >= 15 is 0 Å². The Morgan fingerprint density at radius 2 is 2.05 bits per heavy atom. The van der Waals surface area contributed by atoms with E-state index in [1.54, 1.807) is 18.2 Å². The van der Waals surface area contributed by atoms with E-state index in [1.165, 1.54) is 4.90 Å². The Morgan fingerprint density at radius 3 is 2.63 bits per heavy atom. The summed E-state index contributed by atoms with van der Waals surface area (Å²) in [6.07, 6.45) is 0.215. The Hall–Kier alpha value is -1.30. The van der Waals surface area contributed by atoms with E-state index in [4.69, 9.17) is 34.0 Å². The second-order valence-electron chi connectivity index (χ2n) is 4.54. The average molecular weight is 303 g/mol. The molecule has 1 atom stereocenters. The summed E-state index contributed by atoms with van der Waals surface area (Å²) < 4.78 is 0. The molecule has 3 N–H and O–H groups in total. The summed E-state index contributed by atoms with van der Waals surface area (Å²) >= 11 is 11.8. The Morgan fingerprint density at radius 1 is 1.37 bits per heavy atom. The standard InChI is InChI=1S/C12H12Cl2N2O3/c13-8-3-1-2-7(9(8)14)10(17)16-5-4-12(15,6-16)11(18)19/h1-3H,4-6,15H2,(H,18,19).